The molecule has 1 aliphatic rings. The predicted octanol–water partition coefficient (Wildman–Crippen LogP) is 2.49. The Bertz CT molecular complexity index is 1230. The molecule has 1 aromatic heterocycles. The summed E-state index contributed by atoms with van der Waals surface area (Å²) in [5.41, 5.74) is 0.606. The van der Waals surface area contributed by atoms with Crippen molar-refractivity contribution in [2.45, 2.75) is 32.0 Å². The highest BCUT2D eigenvalue weighted by Crippen LogP contribution is 2.25. The van der Waals surface area contributed by atoms with Crippen molar-refractivity contribution in [3.63, 3.8) is 0 Å². The largest absolute Gasteiger partial charge is 0.337 e. The molecule has 33 heavy (non-hydrogen) atoms. The molecule has 1 saturated heterocycles. The van der Waals surface area contributed by atoms with E-state index in [1.54, 1.807) is 44.2 Å². The van der Waals surface area contributed by atoms with Crippen molar-refractivity contribution >= 4 is 18.0 Å². The molecule has 0 aliphatic carbocycles. The van der Waals surface area contributed by atoms with E-state index in [-0.39, 0.29) is 18.3 Å². The van der Waals surface area contributed by atoms with Crippen molar-refractivity contribution < 1.29 is 23.3 Å². The highest BCUT2D eigenvalue weighted by molar-refractivity contribution is 6.07. The number of halogens is 1. The number of rotatable bonds is 6. The van der Waals surface area contributed by atoms with Crippen LogP contribution in [0.3, 0.4) is 0 Å². The van der Waals surface area contributed by atoms with E-state index in [2.05, 4.69) is 31.4 Å². The molecule has 5 amide bonds. The summed E-state index contributed by atoms with van der Waals surface area (Å²) in [5.74, 6) is -0.478. The van der Waals surface area contributed by atoms with Crippen LogP contribution in [0.4, 0.5) is 14.0 Å². The number of nitrogens with zero attached hydrogens (tertiary/aromatic N) is 2. The van der Waals surface area contributed by atoms with E-state index >= 15 is 0 Å². The molecule has 11 heteroatoms. The zero-order valence-corrected chi connectivity index (χ0v) is 17.8. The summed E-state index contributed by atoms with van der Waals surface area (Å²) >= 11 is 0. The molecule has 0 spiro atoms. The van der Waals surface area contributed by atoms with Gasteiger partial charge in [0, 0.05) is 12.1 Å². The number of imide groups is 1. The van der Waals surface area contributed by atoms with Crippen molar-refractivity contribution in [2.24, 2.45) is 0 Å². The van der Waals surface area contributed by atoms with Gasteiger partial charge in [-0.3, -0.25) is 10.1 Å². The number of benzene rings is 2. The van der Waals surface area contributed by atoms with Crippen molar-refractivity contribution in [2.75, 3.05) is 0 Å². The van der Waals surface area contributed by atoms with Crippen LogP contribution in [0.1, 0.15) is 36.9 Å². The molecular weight excluding hydrogens is 431 g/mol. The molecule has 2 unspecified atom stereocenters. The Morgan fingerprint density at radius 2 is 2.00 bits per heavy atom. The number of aromatic nitrogens is 2. The standard InChI is InChI=1S/C22H21FN6O4/c1-12(18-26-17(29-33-18)14-6-4-8-16(23)10-14)25-20(31)24-11-13-5-3-7-15(9-13)22(2)19(30)27-21(32)28-22/h3-10,12H,11H2,1-2H3,(H2,24,25,31)(H2,27,28,30,32). The van der Waals surface area contributed by atoms with Gasteiger partial charge in [-0.25, -0.2) is 14.0 Å². The van der Waals surface area contributed by atoms with Crippen LogP contribution in [-0.2, 0) is 16.9 Å². The Morgan fingerprint density at radius 3 is 2.73 bits per heavy atom. The Morgan fingerprint density at radius 1 is 1.21 bits per heavy atom. The molecule has 0 bridgehead atoms. The number of hydrogen-bond donors (Lipinski definition) is 4. The number of amides is 5. The summed E-state index contributed by atoms with van der Waals surface area (Å²) in [6.45, 7) is 3.46. The van der Waals surface area contributed by atoms with Gasteiger partial charge in [0.2, 0.25) is 11.7 Å². The second-order valence-electron chi connectivity index (χ2n) is 7.75. The molecule has 2 heterocycles. The Kier molecular flexibility index (Phi) is 5.78. The number of urea groups is 2. The van der Waals surface area contributed by atoms with E-state index in [4.69, 9.17) is 4.52 Å². The van der Waals surface area contributed by atoms with Crippen molar-refractivity contribution in [1.29, 1.82) is 0 Å². The summed E-state index contributed by atoms with van der Waals surface area (Å²) in [5, 5.41) is 14.1. The highest BCUT2D eigenvalue weighted by atomic mass is 19.1. The molecule has 4 rings (SSSR count). The molecular formula is C22H21FN6O4. The second-order valence-corrected chi connectivity index (χ2v) is 7.75. The summed E-state index contributed by atoms with van der Waals surface area (Å²) in [7, 11) is 0. The molecule has 2 aromatic carbocycles. The monoisotopic (exact) mass is 452 g/mol. The third-order valence-electron chi connectivity index (χ3n) is 5.24. The lowest BCUT2D eigenvalue weighted by atomic mass is 9.91. The first-order valence-corrected chi connectivity index (χ1v) is 10.1. The quantitative estimate of drug-likeness (QED) is 0.424. The van der Waals surface area contributed by atoms with Crippen LogP contribution in [0.2, 0.25) is 0 Å². The smallest absolute Gasteiger partial charge is 0.322 e. The third-order valence-corrected chi connectivity index (χ3v) is 5.24. The van der Waals surface area contributed by atoms with Crippen LogP contribution in [0.15, 0.2) is 53.1 Å². The SMILES string of the molecule is CC(NC(=O)NCc1cccc(C2(C)NC(=O)NC2=O)c1)c1nc(-c2cccc(F)c2)no1. The molecule has 3 aromatic rings. The Labute approximate surface area is 187 Å². The van der Waals surface area contributed by atoms with Crippen molar-refractivity contribution in [3.8, 4) is 11.4 Å². The van der Waals surface area contributed by atoms with Crippen LogP contribution in [0.25, 0.3) is 11.4 Å². The molecule has 2 atom stereocenters. The molecule has 0 radical (unpaired) electrons. The van der Waals surface area contributed by atoms with Gasteiger partial charge in [0.15, 0.2) is 0 Å². The van der Waals surface area contributed by atoms with E-state index in [0.717, 1.165) is 5.56 Å². The van der Waals surface area contributed by atoms with Crippen LogP contribution >= 0.6 is 0 Å². The van der Waals surface area contributed by atoms with Gasteiger partial charge in [-0.1, -0.05) is 41.6 Å². The molecule has 170 valence electrons. The average Bonchev–Trinajstić information content (AvgIpc) is 3.38. The van der Waals surface area contributed by atoms with Crippen molar-refractivity contribution in [1.82, 2.24) is 31.4 Å². The molecule has 0 saturated carbocycles. The first-order chi connectivity index (χ1) is 15.7. The molecule has 4 N–H and O–H groups in total. The molecule has 10 nitrogen and oxygen atoms in total. The van der Waals surface area contributed by atoms with Crippen LogP contribution < -0.4 is 21.3 Å². The predicted molar refractivity (Wildman–Crippen MR) is 114 cm³/mol. The Hall–Kier alpha value is -4.28. The first-order valence-electron chi connectivity index (χ1n) is 10.1. The summed E-state index contributed by atoms with van der Waals surface area (Å²) in [6, 6.07) is 11.1. The van der Waals surface area contributed by atoms with Gasteiger partial charge in [0.1, 0.15) is 17.4 Å². The van der Waals surface area contributed by atoms with Gasteiger partial charge < -0.3 is 20.5 Å². The lowest BCUT2D eigenvalue weighted by molar-refractivity contribution is -0.123. The number of carbonyl (C=O) groups excluding carboxylic acids is 3. The van der Waals surface area contributed by atoms with Gasteiger partial charge in [-0.05, 0) is 37.1 Å². The van der Waals surface area contributed by atoms with Gasteiger partial charge in [0.25, 0.3) is 5.91 Å². The minimum atomic E-state index is -1.18. The Balaban J connectivity index is 1.35. The first kappa shape index (κ1) is 21.9. The average molecular weight is 452 g/mol. The summed E-state index contributed by atoms with van der Waals surface area (Å²) < 4.78 is 18.6. The van der Waals surface area contributed by atoms with Crippen LogP contribution in [0.5, 0.6) is 0 Å². The van der Waals surface area contributed by atoms with Crippen LogP contribution in [0, 0.1) is 5.82 Å². The number of hydrogen-bond acceptors (Lipinski definition) is 6. The minimum Gasteiger partial charge on any atom is -0.337 e. The number of nitrogens with one attached hydrogen (secondary N) is 4. The van der Waals surface area contributed by atoms with Crippen molar-refractivity contribution in [3.05, 3.63) is 71.4 Å². The topological polar surface area (TPSA) is 138 Å². The van der Waals surface area contributed by atoms with E-state index < -0.39 is 35.4 Å². The minimum absolute atomic E-state index is 0.169. The fourth-order valence-corrected chi connectivity index (χ4v) is 3.39. The summed E-state index contributed by atoms with van der Waals surface area (Å²) in [6.07, 6.45) is 0. The van der Waals surface area contributed by atoms with E-state index in [9.17, 15) is 18.8 Å². The highest BCUT2D eigenvalue weighted by Gasteiger charge is 2.43. The van der Waals surface area contributed by atoms with E-state index in [1.807, 2.05) is 0 Å². The fraction of sp³-hybridized carbons (Fsp3) is 0.227. The molecule has 1 aliphatic heterocycles. The second kappa shape index (κ2) is 8.69. The fourth-order valence-electron chi connectivity index (χ4n) is 3.39. The maximum absolute atomic E-state index is 13.4. The van der Waals surface area contributed by atoms with Gasteiger partial charge in [-0.2, -0.15) is 4.98 Å². The zero-order valence-electron chi connectivity index (χ0n) is 17.8. The zero-order chi connectivity index (χ0) is 23.6. The lowest BCUT2D eigenvalue weighted by Gasteiger charge is -2.21. The van der Waals surface area contributed by atoms with Gasteiger partial charge in [0.05, 0.1) is 0 Å². The normalized spacial score (nSPS) is 18.4. The van der Waals surface area contributed by atoms with Gasteiger partial charge in [-0.15, -0.1) is 0 Å². The van der Waals surface area contributed by atoms with Gasteiger partial charge >= 0.3 is 12.1 Å². The van der Waals surface area contributed by atoms with E-state index in [1.165, 1.54) is 18.2 Å². The maximum atomic E-state index is 13.4. The third kappa shape index (κ3) is 4.66. The number of carbonyl (C=O) groups is 3. The maximum Gasteiger partial charge on any atom is 0.322 e. The van der Waals surface area contributed by atoms with Crippen LogP contribution in [-0.4, -0.2) is 28.1 Å². The van der Waals surface area contributed by atoms with E-state index in [0.29, 0.717) is 11.1 Å². The molecule has 1 fully saturated rings. The lowest BCUT2D eigenvalue weighted by Crippen LogP contribution is -2.40. The summed E-state index contributed by atoms with van der Waals surface area (Å²) in [4.78, 5) is 40.2.